The van der Waals surface area contributed by atoms with Crippen molar-refractivity contribution in [3.05, 3.63) is 39.7 Å². The van der Waals surface area contributed by atoms with Gasteiger partial charge in [0.2, 0.25) is 0 Å². The van der Waals surface area contributed by atoms with Crippen LogP contribution in [0, 0.1) is 6.92 Å². The third-order valence-electron chi connectivity index (χ3n) is 2.75. The predicted molar refractivity (Wildman–Crippen MR) is 69.7 cm³/mol. The van der Waals surface area contributed by atoms with Gasteiger partial charge in [0.05, 0.1) is 13.7 Å². The van der Waals surface area contributed by atoms with E-state index in [0.29, 0.717) is 16.7 Å². The zero-order chi connectivity index (χ0) is 14.0. The molecule has 0 atom stereocenters. The van der Waals surface area contributed by atoms with E-state index in [0.717, 1.165) is 5.56 Å². The first kappa shape index (κ1) is 13.1. The van der Waals surface area contributed by atoms with Gasteiger partial charge in [-0.15, -0.1) is 0 Å². The SMILES string of the molecule is CCOC(=O)c1cc2cc(C)c(OC)cc2oc1=O. The van der Waals surface area contributed by atoms with Crippen LogP contribution in [0.2, 0.25) is 0 Å². The van der Waals surface area contributed by atoms with Crippen LogP contribution in [0.1, 0.15) is 22.8 Å². The number of carbonyl (C=O) groups is 1. The number of ether oxygens (including phenoxy) is 2. The monoisotopic (exact) mass is 262 g/mol. The first-order chi connectivity index (χ1) is 9.06. The van der Waals surface area contributed by atoms with Gasteiger partial charge in [0.1, 0.15) is 16.9 Å². The number of rotatable bonds is 3. The molecular weight excluding hydrogens is 248 g/mol. The average Bonchev–Trinajstić information content (AvgIpc) is 2.38. The Morgan fingerprint density at radius 1 is 1.32 bits per heavy atom. The van der Waals surface area contributed by atoms with Gasteiger partial charge in [-0.05, 0) is 31.5 Å². The van der Waals surface area contributed by atoms with E-state index in [1.165, 1.54) is 6.07 Å². The summed E-state index contributed by atoms with van der Waals surface area (Å²) < 4.78 is 15.1. The van der Waals surface area contributed by atoms with Crippen molar-refractivity contribution in [1.29, 1.82) is 0 Å². The quantitative estimate of drug-likeness (QED) is 0.627. The van der Waals surface area contributed by atoms with Gasteiger partial charge in [-0.25, -0.2) is 9.59 Å². The van der Waals surface area contributed by atoms with E-state index in [1.54, 1.807) is 26.2 Å². The molecule has 0 saturated heterocycles. The number of fused-ring (bicyclic) bond motifs is 1. The van der Waals surface area contributed by atoms with Crippen LogP contribution >= 0.6 is 0 Å². The number of hydrogen-bond donors (Lipinski definition) is 0. The minimum absolute atomic E-state index is 0.0982. The topological polar surface area (TPSA) is 65.7 Å². The molecule has 2 aromatic rings. The maximum Gasteiger partial charge on any atom is 0.351 e. The first-order valence-electron chi connectivity index (χ1n) is 5.86. The van der Waals surface area contributed by atoms with Crippen molar-refractivity contribution in [1.82, 2.24) is 0 Å². The number of methoxy groups -OCH3 is 1. The molecule has 0 aliphatic heterocycles. The maximum absolute atomic E-state index is 11.7. The van der Waals surface area contributed by atoms with Crippen molar-refractivity contribution in [2.75, 3.05) is 13.7 Å². The highest BCUT2D eigenvalue weighted by molar-refractivity contribution is 5.93. The van der Waals surface area contributed by atoms with Gasteiger partial charge in [0.25, 0.3) is 0 Å². The fraction of sp³-hybridized carbons (Fsp3) is 0.286. The standard InChI is InChI=1S/C14H14O5/c1-4-18-13(15)10-6-9-5-8(2)11(17-3)7-12(9)19-14(10)16/h5-7H,4H2,1-3H3. The molecule has 2 rings (SSSR count). The van der Waals surface area contributed by atoms with Gasteiger partial charge in [0.15, 0.2) is 0 Å². The van der Waals surface area contributed by atoms with Crippen molar-refractivity contribution in [2.24, 2.45) is 0 Å². The molecule has 0 spiro atoms. The second kappa shape index (κ2) is 5.14. The zero-order valence-corrected chi connectivity index (χ0v) is 11.0. The van der Waals surface area contributed by atoms with E-state index in [1.807, 2.05) is 6.92 Å². The highest BCUT2D eigenvalue weighted by atomic mass is 16.5. The maximum atomic E-state index is 11.7. The second-order valence-corrected chi connectivity index (χ2v) is 4.03. The Balaban J connectivity index is 2.63. The van der Waals surface area contributed by atoms with Gasteiger partial charge in [-0.3, -0.25) is 0 Å². The minimum Gasteiger partial charge on any atom is -0.496 e. The van der Waals surface area contributed by atoms with Gasteiger partial charge in [-0.1, -0.05) is 0 Å². The summed E-state index contributed by atoms with van der Waals surface area (Å²) in [5.74, 6) is -0.0499. The lowest BCUT2D eigenvalue weighted by molar-refractivity contribution is 0.0522. The summed E-state index contributed by atoms with van der Waals surface area (Å²) in [5, 5.41) is 0.654. The summed E-state index contributed by atoms with van der Waals surface area (Å²) in [6, 6.07) is 4.90. The third-order valence-corrected chi connectivity index (χ3v) is 2.75. The Morgan fingerprint density at radius 3 is 2.68 bits per heavy atom. The van der Waals surface area contributed by atoms with Gasteiger partial charge in [0, 0.05) is 11.5 Å². The van der Waals surface area contributed by atoms with Crippen molar-refractivity contribution >= 4 is 16.9 Å². The van der Waals surface area contributed by atoms with Crippen LogP contribution in [-0.4, -0.2) is 19.7 Å². The van der Waals surface area contributed by atoms with Crippen LogP contribution in [0.25, 0.3) is 11.0 Å². The normalized spacial score (nSPS) is 10.5. The molecule has 0 aliphatic carbocycles. The van der Waals surface area contributed by atoms with Crippen molar-refractivity contribution < 1.29 is 18.7 Å². The van der Waals surface area contributed by atoms with Crippen LogP contribution in [0.5, 0.6) is 5.75 Å². The second-order valence-electron chi connectivity index (χ2n) is 4.03. The number of benzene rings is 1. The van der Waals surface area contributed by atoms with E-state index in [2.05, 4.69) is 0 Å². The molecule has 0 radical (unpaired) electrons. The van der Waals surface area contributed by atoms with E-state index >= 15 is 0 Å². The Kier molecular flexibility index (Phi) is 3.55. The number of hydrogen-bond acceptors (Lipinski definition) is 5. The minimum atomic E-state index is -0.711. The summed E-state index contributed by atoms with van der Waals surface area (Å²) in [4.78, 5) is 23.3. The molecule has 1 aromatic heterocycles. The van der Waals surface area contributed by atoms with Crippen LogP contribution in [0.4, 0.5) is 0 Å². The van der Waals surface area contributed by atoms with E-state index in [-0.39, 0.29) is 12.2 Å². The van der Waals surface area contributed by atoms with E-state index in [9.17, 15) is 9.59 Å². The van der Waals surface area contributed by atoms with Crippen LogP contribution in [0.15, 0.2) is 27.4 Å². The lowest BCUT2D eigenvalue weighted by Gasteiger charge is -2.07. The van der Waals surface area contributed by atoms with E-state index < -0.39 is 11.6 Å². The van der Waals surface area contributed by atoms with Gasteiger partial charge >= 0.3 is 11.6 Å². The molecule has 5 heteroatoms. The zero-order valence-electron chi connectivity index (χ0n) is 11.0. The van der Waals surface area contributed by atoms with Crippen LogP contribution in [0.3, 0.4) is 0 Å². The molecule has 0 fully saturated rings. The molecule has 0 bridgehead atoms. The van der Waals surface area contributed by atoms with Crippen LogP contribution in [-0.2, 0) is 4.74 Å². The summed E-state index contributed by atoms with van der Waals surface area (Å²) in [5.41, 5.74) is 0.454. The summed E-state index contributed by atoms with van der Waals surface area (Å²) in [6.07, 6.45) is 0. The van der Waals surface area contributed by atoms with Crippen molar-refractivity contribution in [3.8, 4) is 5.75 Å². The van der Waals surface area contributed by atoms with Gasteiger partial charge < -0.3 is 13.9 Å². The lowest BCUT2D eigenvalue weighted by Crippen LogP contribution is -2.16. The molecule has 0 saturated carbocycles. The summed E-state index contributed by atoms with van der Waals surface area (Å²) in [7, 11) is 1.54. The molecule has 19 heavy (non-hydrogen) atoms. The fourth-order valence-corrected chi connectivity index (χ4v) is 1.83. The smallest absolute Gasteiger partial charge is 0.351 e. The van der Waals surface area contributed by atoms with Crippen LogP contribution < -0.4 is 10.4 Å². The highest BCUT2D eigenvalue weighted by Crippen LogP contribution is 2.24. The van der Waals surface area contributed by atoms with Crippen molar-refractivity contribution in [2.45, 2.75) is 13.8 Å². The molecule has 0 amide bonds. The molecule has 5 nitrogen and oxygen atoms in total. The molecule has 0 unspecified atom stereocenters. The molecule has 1 aromatic carbocycles. The number of carbonyl (C=O) groups excluding carboxylic acids is 1. The Bertz CT molecular complexity index is 684. The molecule has 100 valence electrons. The highest BCUT2D eigenvalue weighted by Gasteiger charge is 2.15. The molecular formula is C14H14O5. The third kappa shape index (κ3) is 2.45. The number of aryl methyl sites for hydroxylation is 1. The Labute approximate surface area is 109 Å². The lowest BCUT2D eigenvalue weighted by atomic mass is 10.1. The van der Waals surface area contributed by atoms with Crippen molar-refractivity contribution in [3.63, 3.8) is 0 Å². The average molecular weight is 262 g/mol. The summed E-state index contributed by atoms with van der Waals surface area (Å²) in [6.45, 7) is 3.75. The summed E-state index contributed by atoms with van der Waals surface area (Å²) >= 11 is 0. The predicted octanol–water partition coefficient (Wildman–Crippen LogP) is 2.29. The molecule has 0 N–H and O–H groups in total. The Morgan fingerprint density at radius 2 is 2.05 bits per heavy atom. The largest absolute Gasteiger partial charge is 0.496 e. The van der Waals surface area contributed by atoms with Gasteiger partial charge in [-0.2, -0.15) is 0 Å². The molecule has 0 aliphatic rings. The van der Waals surface area contributed by atoms with E-state index in [4.69, 9.17) is 13.9 Å². The molecule has 1 heterocycles. The Hall–Kier alpha value is -2.30. The fourth-order valence-electron chi connectivity index (χ4n) is 1.83. The first-order valence-corrected chi connectivity index (χ1v) is 5.86. The number of esters is 1.